The molecule has 0 saturated carbocycles. The summed E-state index contributed by atoms with van der Waals surface area (Å²) < 4.78 is 2.07. The van der Waals surface area contributed by atoms with Crippen LogP contribution in [0.1, 0.15) is 5.56 Å². The van der Waals surface area contributed by atoms with E-state index in [2.05, 4.69) is 31.8 Å². The second-order valence-electron chi connectivity index (χ2n) is 4.18. The van der Waals surface area contributed by atoms with Crippen LogP contribution in [-0.4, -0.2) is 21.4 Å². The fourth-order valence-electron chi connectivity index (χ4n) is 2.11. The van der Waals surface area contributed by atoms with Crippen molar-refractivity contribution in [1.82, 2.24) is 19.7 Å². The normalized spacial score (nSPS) is 10.9. The van der Waals surface area contributed by atoms with Crippen LogP contribution < -0.4 is 5.32 Å². The Kier molecular flexibility index (Phi) is 2.78. The van der Waals surface area contributed by atoms with E-state index in [1.54, 1.807) is 0 Å². The molecule has 18 heavy (non-hydrogen) atoms. The SMILES string of the molecule is CNCc1cncc(-c2cccc3nccn23)c1. The molecule has 0 bridgehead atoms. The first kappa shape index (κ1) is 10.9. The first-order chi connectivity index (χ1) is 8.88. The first-order valence-electron chi connectivity index (χ1n) is 5.89. The standard InChI is InChI=1S/C14H14N4/c1-15-8-11-7-12(10-16-9-11)13-3-2-4-14-17-5-6-18(13)14/h2-7,9-10,15H,8H2,1H3. The van der Waals surface area contributed by atoms with Crippen molar-refractivity contribution < 1.29 is 0 Å². The Morgan fingerprint density at radius 3 is 3.11 bits per heavy atom. The van der Waals surface area contributed by atoms with Crippen molar-refractivity contribution in [3.63, 3.8) is 0 Å². The number of imidazole rings is 1. The summed E-state index contributed by atoms with van der Waals surface area (Å²) in [6.07, 6.45) is 7.54. The smallest absolute Gasteiger partial charge is 0.137 e. The third-order valence-electron chi connectivity index (χ3n) is 2.90. The molecule has 0 unspecified atom stereocenters. The third-order valence-corrected chi connectivity index (χ3v) is 2.90. The summed E-state index contributed by atoms with van der Waals surface area (Å²) in [6, 6.07) is 8.24. The Labute approximate surface area is 105 Å². The lowest BCUT2D eigenvalue weighted by Gasteiger charge is -2.07. The van der Waals surface area contributed by atoms with E-state index < -0.39 is 0 Å². The lowest BCUT2D eigenvalue weighted by molar-refractivity contribution is 0.813. The van der Waals surface area contributed by atoms with Gasteiger partial charge in [0.25, 0.3) is 0 Å². The molecule has 4 heteroatoms. The lowest BCUT2D eigenvalue weighted by atomic mass is 10.1. The predicted octanol–water partition coefficient (Wildman–Crippen LogP) is 2.12. The van der Waals surface area contributed by atoms with Crippen LogP contribution in [0, 0.1) is 0 Å². The second kappa shape index (κ2) is 4.58. The molecule has 3 aromatic rings. The van der Waals surface area contributed by atoms with Gasteiger partial charge < -0.3 is 5.32 Å². The molecule has 0 aliphatic rings. The molecule has 0 spiro atoms. The summed E-state index contributed by atoms with van der Waals surface area (Å²) >= 11 is 0. The minimum atomic E-state index is 0.820. The quantitative estimate of drug-likeness (QED) is 0.760. The van der Waals surface area contributed by atoms with E-state index in [0.717, 1.165) is 23.4 Å². The van der Waals surface area contributed by atoms with Gasteiger partial charge in [-0.2, -0.15) is 0 Å². The molecule has 0 aliphatic heterocycles. The van der Waals surface area contributed by atoms with Crippen molar-refractivity contribution in [2.45, 2.75) is 6.54 Å². The highest BCUT2D eigenvalue weighted by molar-refractivity contribution is 5.63. The Morgan fingerprint density at radius 2 is 2.22 bits per heavy atom. The van der Waals surface area contributed by atoms with Gasteiger partial charge in [-0.15, -0.1) is 0 Å². The van der Waals surface area contributed by atoms with Crippen LogP contribution in [0.25, 0.3) is 16.9 Å². The number of pyridine rings is 2. The van der Waals surface area contributed by atoms with Gasteiger partial charge in [0.05, 0.1) is 5.69 Å². The van der Waals surface area contributed by atoms with E-state index in [1.807, 2.05) is 44.0 Å². The highest BCUT2D eigenvalue weighted by Crippen LogP contribution is 2.20. The monoisotopic (exact) mass is 238 g/mol. The van der Waals surface area contributed by atoms with E-state index in [4.69, 9.17) is 0 Å². The number of nitrogens with one attached hydrogen (secondary N) is 1. The van der Waals surface area contributed by atoms with Crippen LogP contribution in [-0.2, 0) is 6.54 Å². The Hall–Kier alpha value is -2.20. The van der Waals surface area contributed by atoms with Crippen LogP contribution in [0.3, 0.4) is 0 Å². The van der Waals surface area contributed by atoms with Crippen molar-refractivity contribution in [3.05, 3.63) is 54.6 Å². The number of nitrogens with zero attached hydrogens (tertiary/aromatic N) is 3. The number of hydrogen-bond acceptors (Lipinski definition) is 3. The zero-order valence-corrected chi connectivity index (χ0v) is 10.2. The second-order valence-corrected chi connectivity index (χ2v) is 4.18. The van der Waals surface area contributed by atoms with Gasteiger partial charge in [0.2, 0.25) is 0 Å². The summed E-state index contributed by atoms with van der Waals surface area (Å²) in [5, 5.41) is 3.14. The summed E-state index contributed by atoms with van der Waals surface area (Å²) in [5.41, 5.74) is 4.33. The van der Waals surface area contributed by atoms with Crippen LogP contribution in [0.5, 0.6) is 0 Å². The molecule has 3 heterocycles. The maximum absolute atomic E-state index is 4.30. The van der Waals surface area contributed by atoms with Gasteiger partial charge in [-0.1, -0.05) is 6.07 Å². The van der Waals surface area contributed by atoms with Crippen molar-refractivity contribution >= 4 is 5.65 Å². The molecule has 3 aromatic heterocycles. The highest BCUT2D eigenvalue weighted by Gasteiger charge is 2.04. The maximum Gasteiger partial charge on any atom is 0.137 e. The van der Waals surface area contributed by atoms with Crippen LogP contribution in [0.2, 0.25) is 0 Å². The van der Waals surface area contributed by atoms with Crippen molar-refractivity contribution in [2.75, 3.05) is 7.05 Å². The average molecular weight is 238 g/mol. The fourth-order valence-corrected chi connectivity index (χ4v) is 2.11. The molecular weight excluding hydrogens is 224 g/mol. The summed E-state index contributed by atoms with van der Waals surface area (Å²) in [4.78, 5) is 8.59. The summed E-state index contributed by atoms with van der Waals surface area (Å²) in [7, 11) is 1.93. The zero-order valence-electron chi connectivity index (χ0n) is 10.2. The van der Waals surface area contributed by atoms with Gasteiger partial charge in [0.15, 0.2) is 0 Å². The van der Waals surface area contributed by atoms with Crippen molar-refractivity contribution in [3.8, 4) is 11.3 Å². The van der Waals surface area contributed by atoms with E-state index in [1.165, 1.54) is 5.56 Å². The molecule has 0 fully saturated rings. The third kappa shape index (κ3) is 1.87. The molecule has 3 rings (SSSR count). The topological polar surface area (TPSA) is 42.2 Å². The minimum absolute atomic E-state index is 0.820. The van der Waals surface area contributed by atoms with E-state index in [0.29, 0.717) is 0 Å². The van der Waals surface area contributed by atoms with Crippen LogP contribution in [0.4, 0.5) is 0 Å². The summed E-state index contributed by atoms with van der Waals surface area (Å²) in [5.74, 6) is 0. The Balaban J connectivity index is 2.13. The molecule has 0 aliphatic carbocycles. The van der Waals surface area contributed by atoms with Crippen molar-refractivity contribution in [1.29, 1.82) is 0 Å². The van der Waals surface area contributed by atoms with E-state index in [9.17, 15) is 0 Å². The van der Waals surface area contributed by atoms with Gasteiger partial charge >= 0.3 is 0 Å². The van der Waals surface area contributed by atoms with Gasteiger partial charge in [0, 0.05) is 36.9 Å². The average Bonchev–Trinajstić information content (AvgIpc) is 2.87. The van der Waals surface area contributed by atoms with E-state index in [-0.39, 0.29) is 0 Å². The molecule has 4 nitrogen and oxygen atoms in total. The van der Waals surface area contributed by atoms with Crippen LogP contribution >= 0.6 is 0 Å². The maximum atomic E-state index is 4.30. The number of aromatic nitrogens is 3. The zero-order chi connectivity index (χ0) is 12.4. The molecule has 0 amide bonds. The highest BCUT2D eigenvalue weighted by atomic mass is 15.0. The largest absolute Gasteiger partial charge is 0.316 e. The van der Waals surface area contributed by atoms with Crippen LogP contribution in [0.15, 0.2) is 49.1 Å². The van der Waals surface area contributed by atoms with E-state index >= 15 is 0 Å². The fraction of sp³-hybridized carbons (Fsp3) is 0.143. The number of fused-ring (bicyclic) bond motifs is 1. The molecule has 0 radical (unpaired) electrons. The first-order valence-corrected chi connectivity index (χ1v) is 5.89. The van der Waals surface area contributed by atoms with Crippen molar-refractivity contribution in [2.24, 2.45) is 0 Å². The number of rotatable bonds is 3. The number of hydrogen-bond donors (Lipinski definition) is 1. The van der Waals surface area contributed by atoms with Gasteiger partial charge in [-0.05, 0) is 30.8 Å². The molecule has 0 saturated heterocycles. The molecule has 0 aromatic carbocycles. The van der Waals surface area contributed by atoms with Gasteiger partial charge in [0.1, 0.15) is 5.65 Å². The molecule has 0 atom stereocenters. The minimum Gasteiger partial charge on any atom is -0.316 e. The van der Waals surface area contributed by atoms with Gasteiger partial charge in [-0.3, -0.25) is 9.38 Å². The molecule has 1 N–H and O–H groups in total. The van der Waals surface area contributed by atoms with Gasteiger partial charge in [-0.25, -0.2) is 4.98 Å². The molecular formula is C14H14N4. The lowest BCUT2D eigenvalue weighted by Crippen LogP contribution is -2.05. The predicted molar refractivity (Wildman–Crippen MR) is 71.2 cm³/mol. The molecule has 90 valence electrons. The Morgan fingerprint density at radius 1 is 1.28 bits per heavy atom. The Bertz CT molecular complexity index is 672. The summed E-state index contributed by atoms with van der Waals surface area (Å²) in [6.45, 7) is 0.820.